The first-order chi connectivity index (χ1) is 13.1. The van der Waals surface area contributed by atoms with Crippen molar-refractivity contribution in [3.05, 3.63) is 23.4 Å². The van der Waals surface area contributed by atoms with Crippen LogP contribution in [0.25, 0.3) is 0 Å². The molecule has 0 bridgehead atoms. The van der Waals surface area contributed by atoms with Crippen LogP contribution in [0, 0.1) is 5.92 Å². The van der Waals surface area contributed by atoms with E-state index in [4.69, 9.17) is 11.6 Å². The van der Waals surface area contributed by atoms with Gasteiger partial charge in [-0.1, -0.05) is 11.6 Å². The Morgan fingerprint density at radius 2 is 2.14 bits per heavy atom. The number of aromatic nitrogens is 1. The minimum Gasteiger partial charge on any atom is -0.356 e. The molecule has 2 fully saturated rings. The normalized spacial score (nSPS) is 23.6. The fourth-order valence-corrected chi connectivity index (χ4v) is 4.28. The maximum Gasteiger partial charge on any atom is 0.191 e. The number of anilines is 1. The van der Waals surface area contributed by atoms with Gasteiger partial charge in [-0.05, 0) is 57.7 Å². The van der Waals surface area contributed by atoms with Crippen LogP contribution in [0.15, 0.2) is 23.3 Å². The van der Waals surface area contributed by atoms with Gasteiger partial charge in [-0.15, -0.1) is 24.0 Å². The first-order valence-corrected chi connectivity index (χ1v) is 10.5. The van der Waals surface area contributed by atoms with Crippen molar-refractivity contribution < 1.29 is 0 Å². The Bertz CT molecular complexity index is 641. The fourth-order valence-electron chi connectivity index (χ4n) is 4.04. The highest BCUT2D eigenvalue weighted by molar-refractivity contribution is 14.0. The second kappa shape index (κ2) is 11.4. The molecular weight excluding hydrogens is 487 g/mol. The molecule has 2 atom stereocenters. The molecule has 8 heteroatoms. The van der Waals surface area contributed by atoms with E-state index in [0.29, 0.717) is 23.0 Å². The van der Waals surface area contributed by atoms with Crippen molar-refractivity contribution in [2.45, 2.75) is 45.2 Å². The number of likely N-dealkylation sites (tertiary alicyclic amines) is 1. The van der Waals surface area contributed by atoms with Crippen LogP contribution < -0.4 is 15.5 Å². The molecule has 3 rings (SSSR count). The molecule has 158 valence electrons. The number of hydrogen-bond donors (Lipinski definition) is 2. The summed E-state index contributed by atoms with van der Waals surface area (Å²) >= 11 is 6.29. The van der Waals surface area contributed by atoms with E-state index >= 15 is 0 Å². The number of piperidine rings is 1. The lowest BCUT2D eigenvalue weighted by Crippen LogP contribution is -2.48. The van der Waals surface area contributed by atoms with Gasteiger partial charge in [0.2, 0.25) is 0 Å². The molecular formula is C20H34ClIN6. The Labute approximate surface area is 191 Å². The summed E-state index contributed by atoms with van der Waals surface area (Å²) in [5.41, 5.74) is 0. The maximum atomic E-state index is 6.29. The summed E-state index contributed by atoms with van der Waals surface area (Å²) in [5.74, 6) is 2.46. The van der Waals surface area contributed by atoms with E-state index in [0.717, 1.165) is 37.8 Å². The Hall–Kier alpha value is -0.800. The Morgan fingerprint density at radius 1 is 1.32 bits per heavy atom. The molecule has 0 saturated carbocycles. The summed E-state index contributed by atoms with van der Waals surface area (Å²) in [6.45, 7) is 9.81. The number of pyridine rings is 1. The van der Waals surface area contributed by atoms with Crippen molar-refractivity contribution >= 4 is 47.4 Å². The number of aliphatic imine (C=N–C) groups is 1. The third kappa shape index (κ3) is 6.35. The summed E-state index contributed by atoms with van der Waals surface area (Å²) in [5, 5.41) is 7.83. The highest BCUT2D eigenvalue weighted by Gasteiger charge is 2.26. The van der Waals surface area contributed by atoms with Gasteiger partial charge in [0, 0.05) is 51.5 Å². The third-order valence-corrected chi connectivity index (χ3v) is 5.93. The van der Waals surface area contributed by atoms with Crippen molar-refractivity contribution in [3.8, 4) is 0 Å². The summed E-state index contributed by atoms with van der Waals surface area (Å²) in [6, 6.07) is 4.76. The van der Waals surface area contributed by atoms with Crippen LogP contribution in [0.2, 0.25) is 5.02 Å². The average molecular weight is 521 g/mol. The average Bonchev–Trinajstić information content (AvgIpc) is 3.14. The monoisotopic (exact) mass is 520 g/mol. The summed E-state index contributed by atoms with van der Waals surface area (Å²) in [7, 11) is 1.85. The molecule has 6 nitrogen and oxygen atoms in total. The molecule has 0 aromatic carbocycles. The zero-order valence-corrected chi connectivity index (χ0v) is 20.3. The Kier molecular flexibility index (Phi) is 9.56. The number of nitrogens with zero attached hydrogens (tertiary/aromatic N) is 4. The van der Waals surface area contributed by atoms with Gasteiger partial charge >= 0.3 is 0 Å². The highest BCUT2D eigenvalue weighted by atomic mass is 127. The van der Waals surface area contributed by atoms with Gasteiger partial charge in [0.05, 0.1) is 5.02 Å². The number of halogens is 2. The lowest BCUT2D eigenvalue weighted by Gasteiger charge is -2.35. The highest BCUT2D eigenvalue weighted by Crippen LogP contribution is 2.25. The molecule has 3 heterocycles. The number of hydrogen-bond acceptors (Lipinski definition) is 4. The van der Waals surface area contributed by atoms with Crippen LogP contribution in [0.3, 0.4) is 0 Å². The molecule has 0 aliphatic carbocycles. The van der Waals surface area contributed by atoms with Gasteiger partial charge in [-0.2, -0.15) is 0 Å². The first-order valence-electron chi connectivity index (χ1n) is 10.1. The Morgan fingerprint density at radius 3 is 2.86 bits per heavy atom. The molecule has 1 aromatic heterocycles. The van der Waals surface area contributed by atoms with E-state index in [9.17, 15) is 0 Å². The van der Waals surface area contributed by atoms with Gasteiger partial charge in [-0.3, -0.25) is 4.99 Å². The first kappa shape index (κ1) is 23.5. The van der Waals surface area contributed by atoms with Crippen molar-refractivity contribution in [1.82, 2.24) is 20.5 Å². The molecule has 2 unspecified atom stereocenters. The number of guanidine groups is 1. The van der Waals surface area contributed by atoms with Gasteiger partial charge in [0.15, 0.2) is 5.96 Å². The van der Waals surface area contributed by atoms with Gasteiger partial charge in [0.25, 0.3) is 0 Å². The maximum absolute atomic E-state index is 6.29. The number of nitrogens with one attached hydrogen (secondary N) is 2. The Balaban J connectivity index is 0.00000280. The van der Waals surface area contributed by atoms with Gasteiger partial charge < -0.3 is 20.4 Å². The predicted molar refractivity (Wildman–Crippen MR) is 129 cm³/mol. The standard InChI is InChI=1S/C20H33ClN6.HI/c1-15(2)26-10-5-6-16(13-26)12-24-20(22-3)25-17-8-11-27(14-17)19-18(21)7-4-9-23-19;/h4,7,9,15-17H,5-6,8,10-14H2,1-3H3,(H2,22,24,25);1H. The van der Waals surface area contributed by atoms with E-state index in [1.54, 1.807) is 6.20 Å². The quantitative estimate of drug-likeness (QED) is 0.355. The topological polar surface area (TPSA) is 55.8 Å². The van der Waals surface area contributed by atoms with Crippen LogP contribution in [-0.2, 0) is 0 Å². The molecule has 0 radical (unpaired) electrons. The van der Waals surface area contributed by atoms with Crippen molar-refractivity contribution in [3.63, 3.8) is 0 Å². The minimum atomic E-state index is 0. The predicted octanol–water partition coefficient (Wildman–Crippen LogP) is 3.22. The zero-order chi connectivity index (χ0) is 19.2. The third-order valence-electron chi connectivity index (χ3n) is 5.63. The van der Waals surface area contributed by atoms with Crippen molar-refractivity contribution in [2.75, 3.05) is 44.7 Å². The SMILES string of the molecule is CN=C(NCC1CCCN(C(C)C)C1)NC1CCN(c2ncccc2Cl)C1.I. The summed E-state index contributed by atoms with van der Waals surface area (Å²) in [4.78, 5) is 13.7. The number of rotatable bonds is 5. The molecule has 2 aliphatic rings. The largest absolute Gasteiger partial charge is 0.356 e. The van der Waals surface area contributed by atoms with E-state index in [1.807, 2.05) is 19.2 Å². The van der Waals surface area contributed by atoms with E-state index < -0.39 is 0 Å². The molecule has 0 spiro atoms. The fraction of sp³-hybridized carbons (Fsp3) is 0.700. The smallest absolute Gasteiger partial charge is 0.191 e. The van der Waals surface area contributed by atoms with Crippen molar-refractivity contribution in [1.29, 1.82) is 0 Å². The van der Waals surface area contributed by atoms with Crippen LogP contribution in [0.4, 0.5) is 5.82 Å². The summed E-state index contributed by atoms with van der Waals surface area (Å²) < 4.78 is 0. The van der Waals surface area contributed by atoms with Crippen LogP contribution in [0.5, 0.6) is 0 Å². The minimum absolute atomic E-state index is 0. The molecule has 2 N–H and O–H groups in total. The lowest BCUT2D eigenvalue weighted by atomic mass is 9.97. The molecule has 28 heavy (non-hydrogen) atoms. The van der Waals surface area contributed by atoms with E-state index in [2.05, 4.69) is 44.3 Å². The lowest BCUT2D eigenvalue weighted by molar-refractivity contribution is 0.141. The van der Waals surface area contributed by atoms with Crippen molar-refractivity contribution in [2.24, 2.45) is 10.9 Å². The van der Waals surface area contributed by atoms with E-state index in [-0.39, 0.29) is 24.0 Å². The molecule has 2 saturated heterocycles. The molecule has 0 amide bonds. The van der Waals surface area contributed by atoms with E-state index in [1.165, 1.54) is 25.9 Å². The molecule has 1 aromatic rings. The summed E-state index contributed by atoms with van der Waals surface area (Å²) in [6.07, 6.45) is 5.44. The second-order valence-corrected chi connectivity index (χ2v) is 8.34. The zero-order valence-electron chi connectivity index (χ0n) is 17.2. The van der Waals surface area contributed by atoms with Crippen LogP contribution >= 0.6 is 35.6 Å². The van der Waals surface area contributed by atoms with Crippen LogP contribution in [0.1, 0.15) is 33.1 Å². The van der Waals surface area contributed by atoms with Gasteiger partial charge in [-0.25, -0.2) is 4.98 Å². The van der Waals surface area contributed by atoms with Crippen LogP contribution in [-0.4, -0.2) is 67.7 Å². The molecule has 2 aliphatic heterocycles. The van der Waals surface area contributed by atoms with Gasteiger partial charge in [0.1, 0.15) is 5.82 Å². The second-order valence-electron chi connectivity index (χ2n) is 7.93.